The van der Waals surface area contributed by atoms with E-state index < -0.39 is 0 Å². The molecule has 0 aliphatic rings. The van der Waals surface area contributed by atoms with Gasteiger partial charge < -0.3 is 24.6 Å². The summed E-state index contributed by atoms with van der Waals surface area (Å²) in [5, 5.41) is 12.3. The summed E-state index contributed by atoms with van der Waals surface area (Å²) >= 11 is 0. The summed E-state index contributed by atoms with van der Waals surface area (Å²) in [6, 6.07) is 0. The Morgan fingerprint density at radius 1 is 1.00 bits per heavy atom. The Hall–Kier alpha value is -0.200. The predicted molar refractivity (Wildman–Crippen MR) is 76.5 cm³/mol. The summed E-state index contributed by atoms with van der Waals surface area (Å²) in [4.78, 5) is 0. The van der Waals surface area contributed by atoms with Crippen LogP contribution in [0.2, 0.25) is 0 Å². The third-order valence-electron chi connectivity index (χ3n) is 2.89. The van der Waals surface area contributed by atoms with Gasteiger partial charge in [0.05, 0.1) is 33.0 Å². The maximum Gasteiger partial charge on any atom is 0.0701 e. The highest BCUT2D eigenvalue weighted by molar-refractivity contribution is 4.61. The van der Waals surface area contributed by atoms with Crippen molar-refractivity contribution in [3.8, 4) is 0 Å². The summed E-state index contributed by atoms with van der Waals surface area (Å²) in [7, 11) is 1.66. The topological polar surface area (TPSA) is 60.0 Å². The molecule has 0 aromatic rings. The first-order chi connectivity index (χ1) is 9.35. The van der Waals surface area contributed by atoms with Gasteiger partial charge in [0.15, 0.2) is 0 Å². The monoisotopic (exact) mass is 277 g/mol. The normalized spacial score (nSPS) is 12.8. The van der Waals surface area contributed by atoms with Crippen molar-refractivity contribution in [2.24, 2.45) is 5.92 Å². The van der Waals surface area contributed by atoms with Gasteiger partial charge in [0.1, 0.15) is 0 Å². The van der Waals surface area contributed by atoms with Crippen LogP contribution < -0.4 is 5.32 Å². The molecule has 0 aliphatic heterocycles. The summed E-state index contributed by atoms with van der Waals surface area (Å²) in [5.74, 6) is 0.576. The second kappa shape index (κ2) is 15.9. The highest BCUT2D eigenvalue weighted by atomic mass is 16.5. The highest BCUT2D eigenvalue weighted by Crippen LogP contribution is 2.08. The smallest absolute Gasteiger partial charge is 0.0701 e. The Labute approximate surface area is 117 Å². The molecule has 0 radical (unpaired) electrons. The molecular formula is C14H31NO4. The Bertz CT molecular complexity index is 164. The van der Waals surface area contributed by atoms with E-state index in [-0.39, 0.29) is 6.61 Å². The minimum absolute atomic E-state index is 0.279. The van der Waals surface area contributed by atoms with Crippen LogP contribution in [0.25, 0.3) is 0 Å². The molecule has 0 heterocycles. The van der Waals surface area contributed by atoms with Gasteiger partial charge in [-0.3, -0.25) is 0 Å². The Balaban J connectivity index is 3.20. The van der Waals surface area contributed by atoms with Gasteiger partial charge in [-0.15, -0.1) is 0 Å². The number of ether oxygens (including phenoxy) is 3. The zero-order valence-electron chi connectivity index (χ0n) is 12.5. The lowest BCUT2D eigenvalue weighted by Crippen LogP contribution is -2.27. The van der Waals surface area contributed by atoms with E-state index in [1.807, 2.05) is 0 Å². The molecule has 0 rings (SSSR count). The molecule has 0 fully saturated rings. The van der Waals surface area contributed by atoms with E-state index >= 15 is 0 Å². The molecule has 0 amide bonds. The first-order valence-corrected chi connectivity index (χ1v) is 7.31. The molecule has 1 unspecified atom stereocenters. The standard InChI is InChI=1S/C14H31NO4/c1-3-4-14(5-7-16)13-15-6-8-18-11-12-19-10-9-17-2/h14-16H,3-13H2,1-2H3. The minimum atomic E-state index is 0.279. The molecule has 0 bridgehead atoms. The fourth-order valence-electron chi connectivity index (χ4n) is 1.85. The van der Waals surface area contributed by atoms with Gasteiger partial charge in [-0.05, 0) is 25.3 Å². The van der Waals surface area contributed by atoms with Gasteiger partial charge in [0.25, 0.3) is 0 Å². The molecular weight excluding hydrogens is 246 g/mol. The van der Waals surface area contributed by atoms with Gasteiger partial charge >= 0.3 is 0 Å². The number of rotatable bonds is 15. The molecule has 5 nitrogen and oxygen atoms in total. The number of hydrogen-bond acceptors (Lipinski definition) is 5. The first kappa shape index (κ1) is 18.8. The van der Waals surface area contributed by atoms with Crippen LogP contribution in [-0.2, 0) is 14.2 Å². The Morgan fingerprint density at radius 2 is 1.68 bits per heavy atom. The van der Waals surface area contributed by atoms with Crippen LogP contribution in [0, 0.1) is 5.92 Å². The van der Waals surface area contributed by atoms with Gasteiger partial charge in [-0.25, -0.2) is 0 Å². The van der Waals surface area contributed by atoms with Crippen LogP contribution in [0.15, 0.2) is 0 Å². The fraction of sp³-hybridized carbons (Fsp3) is 1.00. The van der Waals surface area contributed by atoms with Crippen molar-refractivity contribution < 1.29 is 19.3 Å². The molecule has 0 saturated heterocycles. The van der Waals surface area contributed by atoms with E-state index in [1.54, 1.807) is 7.11 Å². The Morgan fingerprint density at radius 3 is 2.32 bits per heavy atom. The lowest BCUT2D eigenvalue weighted by molar-refractivity contribution is 0.0254. The Kier molecular flexibility index (Phi) is 15.7. The minimum Gasteiger partial charge on any atom is -0.396 e. The van der Waals surface area contributed by atoms with E-state index in [1.165, 1.54) is 12.8 Å². The predicted octanol–water partition coefficient (Wildman–Crippen LogP) is 1.05. The van der Waals surface area contributed by atoms with Crippen LogP contribution in [0.3, 0.4) is 0 Å². The molecule has 116 valence electrons. The first-order valence-electron chi connectivity index (χ1n) is 7.31. The van der Waals surface area contributed by atoms with Crippen molar-refractivity contribution in [1.82, 2.24) is 5.32 Å². The van der Waals surface area contributed by atoms with Crippen LogP contribution in [0.1, 0.15) is 26.2 Å². The molecule has 19 heavy (non-hydrogen) atoms. The molecule has 0 spiro atoms. The van der Waals surface area contributed by atoms with Gasteiger partial charge in [0, 0.05) is 20.3 Å². The molecule has 5 heteroatoms. The maximum atomic E-state index is 8.95. The third-order valence-corrected chi connectivity index (χ3v) is 2.89. The summed E-state index contributed by atoms with van der Waals surface area (Å²) in [6.07, 6.45) is 3.22. The SMILES string of the molecule is CCCC(CCO)CNCCOCCOCCOC. The number of methoxy groups -OCH3 is 1. The number of hydrogen-bond donors (Lipinski definition) is 2. The van der Waals surface area contributed by atoms with E-state index in [2.05, 4.69) is 12.2 Å². The van der Waals surface area contributed by atoms with Crippen molar-refractivity contribution in [3.63, 3.8) is 0 Å². The maximum absolute atomic E-state index is 8.95. The highest BCUT2D eigenvalue weighted by Gasteiger charge is 2.05. The fourth-order valence-corrected chi connectivity index (χ4v) is 1.85. The second-order valence-electron chi connectivity index (χ2n) is 4.59. The van der Waals surface area contributed by atoms with E-state index in [0.717, 1.165) is 19.5 Å². The molecule has 0 aromatic carbocycles. The van der Waals surface area contributed by atoms with Gasteiger partial charge in [0.2, 0.25) is 0 Å². The van der Waals surface area contributed by atoms with E-state index in [9.17, 15) is 0 Å². The summed E-state index contributed by atoms with van der Waals surface area (Å²) < 4.78 is 15.6. The zero-order chi connectivity index (χ0) is 14.2. The average molecular weight is 277 g/mol. The van der Waals surface area contributed by atoms with E-state index in [0.29, 0.717) is 39.0 Å². The molecule has 0 saturated carbocycles. The molecule has 1 atom stereocenters. The van der Waals surface area contributed by atoms with Crippen LogP contribution in [0.5, 0.6) is 0 Å². The van der Waals surface area contributed by atoms with Crippen LogP contribution in [0.4, 0.5) is 0 Å². The number of aliphatic hydroxyl groups is 1. The van der Waals surface area contributed by atoms with Crippen molar-refractivity contribution in [3.05, 3.63) is 0 Å². The van der Waals surface area contributed by atoms with Crippen molar-refractivity contribution >= 4 is 0 Å². The largest absolute Gasteiger partial charge is 0.396 e. The summed E-state index contributed by atoms with van der Waals surface area (Å²) in [5.41, 5.74) is 0. The van der Waals surface area contributed by atoms with Crippen molar-refractivity contribution in [2.45, 2.75) is 26.2 Å². The van der Waals surface area contributed by atoms with Crippen LogP contribution in [-0.4, -0.2) is 64.9 Å². The van der Waals surface area contributed by atoms with Crippen molar-refractivity contribution in [1.29, 1.82) is 0 Å². The number of aliphatic hydroxyl groups excluding tert-OH is 1. The second-order valence-corrected chi connectivity index (χ2v) is 4.59. The van der Waals surface area contributed by atoms with Crippen LogP contribution >= 0.6 is 0 Å². The molecule has 0 aliphatic carbocycles. The quantitative estimate of drug-likeness (QED) is 0.438. The number of nitrogens with one attached hydrogen (secondary N) is 1. The van der Waals surface area contributed by atoms with Gasteiger partial charge in [-0.2, -0.15) is 0 Å². The van der Waals surface area contributed by atoms with Gasteiger partial charge in [-0.1, -0.05) is 13.3 Å². The zero-order valence-corrected chi connectivity index (χ0v) is 12.5. The summed E-state index contributed by atoms with van der Waals surface area (Å²) in [6.45, 7) is 7.46. The lowest BCUT2D eigenvalue weighted by atomic mass is 10.0. The lowest BCUT2D eigenvalue weighted by Gasteiger charge is -2.15. The van der Waals surface area contributed by atoms with E-state index in [4.69, 9.17) is 19.3 Å². The molecule has 0 aromatic heterocycles. The average Bonchev–Trinajstić information content (AvgIpc) is 2.41. The van der Waals surface area contributed by atoms with Crippen molar-refractivity contribution in [2.75, 3.05) is 59.8 Å². The molecule has 2 N–H and O–H groups in total. The third kappa shape index (κ3) is 14.0.